The lowest BCUT2D eigenvalue weighted by Gasteiger charge is -2.14. The highest BCUT2D eigenvalue weighted by molar-refractivity contribution is 5.45. The third-order valence-corrected chi connectivity index (χ3v) is 2.32. The first-order valence-corrected chi connectivity index (χ1v) is 5.70. The van der Waals surface area contributed by atoms with Gasteiger partial charge >= 0.3 is 0 Å². The first-order chi connectivity index (χ1) is 7.69. The fourth-order valence-corrected chi connectivity index (χ4v) is 1.45. The Morgan fingerprint density at radius 3 is 2.50 bits per heavy atom. The van der Waals surface area contributed by atoms with Crippen LogP contribution in [0.4, 0.5) is 0 Å². The molecule has 3 nitrogen and oxygen atoms in total. The molecule has 1 aliphatic carbocycles. The van der Waals surface area contributed by atoms with E-state index >= 15 is 0 Å². The first-order valence-electron chi connectivity index (χ1n) is 5.70. The third kappa shape index (κ3) is 2.81. The summed E-state index contributed by atoms with van der Waals surface area (Å²) in [6.07, 6.45) is 2.85. The summed E-state index contributed by atoms with van der Waals surface area (Å²) in [6, 6.07) is 5.71. The fourth-order valence-electron chi connectivity index (χ4n) is 1.45. The molecule has 0 aromatic heterocycles. The molecule has 1 aromatic rings. The molecule has 0 saturated heterocycles. The van der Waals surface area contributed by atoms with Crippen LogP contribution in [0.3, 0.4) is 0 Å². The minimum atomic E-state index is 0.130. The van der Waals surface area contributed by atoms with E-state index < -0.39 is 0 Å². The zero-order valence-electron chi connectivity index (χ0n) is 10.0. The number of ether oxygens (including phenoxy) is 3. The Balaban J connectivity index is 2.15. The van der Waals surface area contributed by atoms with Gasteiger partial charge in [-0.1, -0.05) is 0 Å². The second-order valence-electron chi connectivity index (χ2n) is 4.30. The van der Waals surface area contributed by atoms with Gasteiger partial charge in [0.2, 0.25) is 0 Å². The first kappa shape index (κ1) is 11.1. The van der Waals surface area contributed by atoms with Crippen molar-refractivity contribution in [2.45, 2.75) is 38.9 Å². The molecule has 1 fully saturated rings. The topological polar surface area (TPSA) is 27.7 Å². The Hall–Kier alpha value is -1.38. The maximum Gasteiger partial charge on any atom is 0.165 e. The third-order valence-electron chi connectivity index (χ3n) is 2.32. The zero-order valence-corrected chi connectivity index (χ0v) is 10.0. The summed E-state index contributed by atoms with van der Waals surface area (Å²) in [5, 5.41) is 0. The van der Waals surface area contributed by atoms with E-state index in [2.05, 4.69) is 0 Å². The highest BCUT2D eigenvalue weighted by Gasteiger charge is 2.24. The van der Waals surface area contributed by atoms with Gasteiger partial charge in [-0.2, -0.15) is 0 Å². The lowest BCUT2D eigenvalue weighted by Crippen LogP contribution is -2.07. The van der Waals surface area contributed by atoms with Gasteiger partial charge < -0.3 is 14.2 Å². The Bertz CT molecular complexity index is 356. The molecule has 3 heteroatoms. The quantitative estimate of drug-likeness (QED) is 0.766. The van der Waals surface area contributed by atoms with Gasteiger partial charge in [-0.05, 0) is 38.8 Å². The second kappa shape index (κ2) is 4.64. The van der Waals surface area contributed by atoms with Gasteiger partial charge in [0.15, 0.2) is 11.5 Å². The number of hydrogen-bond acceptors (Lipinski definition) is 3. The monoisotopic (exact) mass is 222 g/mol. The van der Waals surface area contributed by atoms with Crippen LogP contribution in [0.1, 0.15) is 26.7 Å². The molecule has 0 unspecified atom stereocenters. The highest BCUT2D eigenvalue weighted by Crippen LogP contribution is 2.34. The molecule has 0 spiro atoms. The van der Waals surface area contributed by atoms with E-state index in [0.717, 1.165) is 30.1 Å². The summed E-state index contributed by atoms with van der Waals surface area (Å²) < 4.78 is 16.6. The Labute approximate surface area is 96.3 Å². The summed E-state index contributed by atoms with van der Waals surface area (Å²) in [5.41, 5.74) is 0. The molecule has 0 N–H and O–H groups in total. The zero-order chi connectivity index (χ0) is 11.5. The summed E-state index contributed by atoms with van der Waals surface area (Å²) in [7, 11) is 1.64. The number of rotatable bonds is 5. The van der Waals surface area contributed by atoms with Gasteiger partial charge in [0, 0.05) is 6.07 Å². The molecular formula is C13H18O3. The molecule has 2 rings (SSSR count). The highest BCUT2D eigenvalue weighted by atomic mass is 16.5. The van der Waals surface area contributed by atoms with Crippen molar-refractivity contribution in [3.05, 3.63) is 18.2 Å². The number of hydrogen-bond donors (Lipinski definition) is 0. The molecular weight excluding hydrogens is 204 g/mol. The van der Waals surface area contributed by atoms with Gasteiger partial charge in [-0.3, -0.25) is 0 Å². The summed E-state index contributed by atoms with van der Waals surface area (Å²) >= 11 is 0. The number of benzene rings is 1. The van der Waals surface area contributed by atoms with Crippen LogP contribution in [0.25, 0.3) is 0 Å². The maximum atomic E-state index is 5.71. The minimum absolute atomic E-state index is 0.130. The van der Waals surface area contributed by atoms with Crippen molar-refractivity contribution in [2.24, 2.45) is 0 Å². The van der Waals surface area contributed by atoms with E-state index in [9.17, 15) is 0 Å². The molecule has 88 valence electrons. The van der Waals surface area contributed by atoms with E-state index in [4.69, 9.17) is 14.2 Å². The van der Waals surface area contributed by atoms with Gasteiger partial charge in [-0.25, -0.2) is 0 Å². The lowest BCUT2D eigenvalue weighted by molar-refractivity contribution is 0.227. The largest absolute Gasteiger partial charge is 0.493 e. The van der Waals surface area contributed by atoms with E-state index in [1.165, 1.54) is 0 Å². The maximum absolute atomic E-state index is 5.71. The Morgan fingerprint density at radius 1 is 1.19 bits per heavy atom. The SMILES string of the molecule is COc1ccc(OC2CC2)cc1OC(C)C. The van der Waals surface area contributed by atoms with Crippen molar-refractivity contribution < 1.29 is 14.2 Å². The molecule has 0 radical (unpaired) electrons. The van der Waals surface area contributed by atoms with Crippen molar-refractivity contribution in [3.63, 3.8) is 0 Å². The minimum Gasteiger partial charge on any atom is -0.493 e. The molecule has 0 amide bonds. The van der Waals surface area contributed by atoms with Crippen LogP contribution in [0.5, 0.6) is 17.2 Å². The molecule has 16 heavy (non-hydrogen) atoms. The van der Waals surface area contributed by atoms with E-state index in [-0.39, 0.29) is 6.10 Å². The molecule has 1 aliphatic rings. The Kier molecular flexibility index (Phi) is 3.22. The molecule has 0 heterocycles. The summed E-state index contributed by atoms with van der Waals surface area (Å²) in [5.74, 6) is 2.35. The molecule has 0 aliphatic heterocycles. The predicted octanol–water partition coefficient (Wildman–Crippen LogP) is 3.02. The average molecular weight is 222 g/mol. The summed E-state index contributed by atoms with van der Waals surface area (Å²) in [4.78, 5) is 0. The van der Waals surface area contributed by atoms with Crippen LogP contribution in [-0.2, 0) is 0 Å². The van der Waals surface area contributed by atoms with Gasteiger partial charge in [0.1, 0.15) is 5.75 Å². The molecule has 0 atom stereocenters. The van der Waals surface area contributed by atoms with Crippen LogP contribution in [0, 0.1) is 0 Å². The average Bonchev–Trinajstić information content (AvgIpc) is 3.01. The van der Waals surface area contributed by atoms with Crippen molar-refractivity contribution >= 4 is 0 Å². The van der Waals surface area contributed by atoms with E-state index in [1.54, 1.807) is 7.11 Å². The van der Waals surface area contributed by atoms with Crippen molar-refractivity contribution in [1.29, 1.82) is 0 Å². The Morgan fingerprint density at radius 2 is 1.94 bits per heavy atom. The van der Waals surface area contributed by atoms with Crippen molar-refractivity contribution in [1.82, 2.24) is 0 Å². The molecule has 0 bridgehead atoms. The van der Waals surface area contributed by atoms with Gasteiger partial charge in [-0.15, -0.1) is 0 Å². The van der Waals surface area contributed by atoms with Crippen molar-refractivity contribution in [3.8, 4) is 17.2 Å². The summed E-state index contributed by atoms with van der Waals surface area (Å²) in [6.45, 7) is 3.99. The predicted molar refractivity (Wildman–Crippen MR) is 62.4 cm³/mol. The van der Waals surface area contributed by atoms with E-state index in [1.807, 2.05) is 32.0 Å². The fraction of sp³-hybridized carbons (Fsp3) is 0.538. The van der Waals surface area contributed by atoms with E-state index in [0.29, 0.717) is 6.10 Å². The van der Waals surface area contributed by atoms with Crippen LogP contribution < -0.4 is 14.2 Å². The number of methoxy groups -OCH3 is 1. The van der Waals surface area contributed by atoms with Gasteiger partial charge in [0.05, 0.1) is 19.3 Å². The second-order valence-corrected chi connectivity index (χ2v) is 4.30. The standard InChI is InChI=1S/C13H18O3/c1-9(2)15-13-8-11(16-10-4-5-10)6-7-12(13)14-3/h6-10H,4-5H2,1-3H3. The van der Waals surface area contributed by atoms with Gasteiger partial charge in [0.25, 0.3) is 0 Å². The smallest absolute Gasteiger partial charge is 0.165 e. The lowest BCUT2D eigenvalue weighted by atomic mass is 10.3. The normalized spacial score (nSPS) is 15.0. The van der Waals surface area contributed by atoms with Crippen LogP contribution >= 0.6 is 0 Å². The van der Waals surface area contributed by atoms with Crippen LogP contribution in [-0.4, -0.2) is 19.3 Å². The van der Waals surface area contributed by atoms with Crippen LogP contribution in [0.15, 0.2) is 18.2 Å². The molecule has 1 aromatic carbocycles. The van der Waals surface area contributed by atoms with Crippen molar-refractivity contribution in [2.75, 3.05) is 7.11 Å². The van der Waals surface area contributed by atoms with Crippen LogP contribution in [0.2, 0.25) is 0 Å². The molecule has 1 saturated carbocycles.